The van der Waals surface area contributed by atoms with Crippen LogP contribution >= 0.6 is 0 Å². The number of hydrogen-bond acceptors (Lipinski definition) is 4. The molecule has 0 atom stereocenters. The van der Waals surface area contributed by atoms with Gasteiger partial charge in [-0.25, -0.2) is 13.1 Å². The van der Waals surface area contributed by atoms with Gasteiger partial charge in [0.1, 0.15) is 0 Å². The number of allylic oxidation sites excluding steroid dienone is 1. The van der Waals surface area contributed by atoms with Gasteiger partial charge in [0.15, 0.2) is 5.78 Å². The third-order valence-electron chi connectivity index (χ3n) is 7.89. The van der Waals surface area contributed by atoms with Crippen molar-refractivity contribution in [3.8, 4) is 0 Å². The van der Waals surface area contributed by atoms with Gasteiger partial charge in [0.25, 0.3) is 0 Å². The molecule has 0 amide bonds. The summed E-state index contributed by atoms with van der Waals surface area (Å²) in [5.74, 6) is 2.40. The van der Waals surface area contributed by atoms with E-state index >= 15 is 0 Å². The van der Waals surface area contributed by atoms with Gasteiger partial charge in [-0.15, -0.1) is 0 Å². The van der Waals surface area contributed by atoms with E-state index in [1.54, 1.807) is 12.1 Å². The van der Waals surface area contributed by atoms with Crippen LogP contribution in [0.1, 0.15) is 63.5 Å². The Morgan fingerprint density at radius 1 is 1.10 bits per heavy atom. The van der Waals surface area contributed by atoms with E-state index in [-0.39, 0.29) is 21.6 Å². The number of rotatable bonds is 4. The third kappa shape index (κ3) is 3.32. The predicted molar refractivity (Wildman–Crippen MR) is 117 cm³/mol. The molecule has 4 fully saturated rings. The Hall–Kier alpha value is -1.66. The lowest BCUT2D eigenvalue weighted by molar-refractivity contribution is -0.138. The molecule has 5 aliphatic rings. The maximum atomic E-state index is 13.7. The molecule has 4 aliphatic carbocycles. The van der Waals surface area contributed by atoms with Crippen molar-refractivity contribution < 1.29 is 13.2 Å². The minimum atomic E-state index is -3.54. The van der Waals surface area contributed by atoms with Gasteiger partial charge < -0.3 is 5.32 Å². The van der Waals surface area contributed by atoms with Gasteiger partial charge in [-0.3, -0.25) is 4.79 Å². The second-order valence-electron chi connectivity index (χ2n) is 10.8. The van der Waals surface area contributed by atoms with Gasteiger partial charge in [-0.05, 0) is 101 Å². The maximum Gasteiger partial charge on any atom is 0.240 e. The second kappa shape index (κ2) is 6.67. The molecular formula is C24H32N2O3S. The van der Waals surface area contributed by atoms with Crippen LogP contribution in [0.25, 0.3) is 5.70 Å². The Morgan fingerprint density at radius 3 is 2.27 bits per heavy atom. The second-order valence-corrected chi connectivity index (χ2v) is 12.7. The van der Waals surface area contributed by atoms with Crippen molar-refractivity contribution in [1.29, 1.82) is 0 Å². The number of ketones is 1. The van der Waals surface area contributed by atoms with E-state index in [1.165, 1.54) is 26.3 Å². The summed E-state index contributed by atoms with van der Waals surface area (Å²) in [4.78, 5) is 13.9. The fraction of sp³-hybridized carbons (Fsp3) is 0.625. The molecule has 0 spiro atoms. The number of sulfonamides is 1. The fourth-order valence-corrected chi connectivity index (χ4v) is 7.76. The summed E-state index contributed by atoms with van der Waals surface area (Å²) in [5, 5.41) is 3.53. The quantitative estimate of drug-likeness (QED) is 0.718. The minimum absolute atomic E-state index is 0.190. The monoisotopic (exact) mass is 428 g/mol. The normalized spacial score (nSPS) is 35.2. The summed E-state index contributed by atoms with van der Waals surface area (Å²) < 4.78 is 27.1. The largest absolute Gasteiger partial charge is 0.379 e. The van der Waals surface area contributed by atoms with E-state index in [0.29, 0.717) is 17.8 Å². The van der Waals surface area contributed by atoms with Crippen LogP contribution in [0.4, 0.5) is 0 Å². The van der Waals surface area contributed by atoms with E-state index in [4.69, 9.17) is 0 Å². The lowest BCUT2D eigenvalue weighted by Gasteiger charge is -2.55. The zero-order valence-corrected chi connectivity index (χ0v) is 18.9. The van der Waals surface area contributed by atoms with Crippen LogP contribution in [-0.2, 0) is 21.2 Å². The Labute approximate surface area is 179 Å². The standard InChI is InChI=1S/C24H32N2O3S/c1-23(2)14-18-4-5-19(30(28,29)25-3)9-20(18)21(26-23)10-22(27)24-11-15-6-16(12-24)8-17(7-15)13-24/h4-5,9-10,15-17,25-26H,6-8,11-14H2,1-3H3. The summed E-state index contributed by atoms with van der Waals surface area (Å²) >= 11 is 0. The molecule has 4 saturated carbocycles. The predicted octanol–water partition coefficient (Wildman–Crippen LogP) is 3.65. The Balaban J connectivity index is 1.55. The summed E-state index contributed by atoms with van der Waals surface area (Å²) in [7, 11) is -2.12. The Bertz CT molecular complexity index is 1000. The van der Waals surface area contributed by atoms with Crippen LogP contribution in [0.3, 0.4) is 0 Å². The van der Waals surface area contributed by atoms with Crippen LogP contribution in [0, 0.1) is 23.2 Å². The number of carbonyl (C=O) groups excluding carboxylic acids is 1. The van der Waals surface area contributed by atoms with Crippen LogP contribution in [0.15, 0.2) is 29.2 Å². The summed E-state index contributed by atoms with van der Waals surface area (Å²) in [6.45, 7) is 4.24. The summed E-state index contributed by atoms with van der Waals surface area (Å²) in [6, 6.07) is 5.26. The molecule has 0 unspecified atom stereocenters. The van der Waals surface area contributed by atoms with Crippen LogP contribution in [-0.4, -0.2) is 26.8 Å². The molecule has 1 aliphatic heterocycles. The highest BCUT2D eigenvalue weighted by Gasteiger charge is 2.54. The molecule has 4 bridgehead atoms. The lowest BCUT2D eigenvalue weighted by atomic mass is 9.48. The van der Waals surface area contributed by atoms with E-state index in [1.807, 2.05) is 12.1 Å². The number of fused-ring (bicyclic) bond motifs is 1. The topological polar surface area (TPSA) is 75.3 Å². The van der Waals surface area contributed by atoms with Gasteiger partial charge in [0.2, 0.25) is 10.0 Å². The molecule has 1 heterocycles. The van der Waals surface area contributed by atoms with Gasteiger partial charge >= 0.3 is 0 Å². The first-order chi connectivity index (χ1) is 14.1. The van der Waals surface area contributed by atoms with Gasteiger partial charge in [0, 0.05) is 28.3 Å². The average Bonchev–Trinajstić information content (AvgIpc) is 2.65. The highest BCUT2D eigenvalue weighted by molar-refractivity contribution is 7.89. The molecule has 2 N–H and O–H groups in total. The van der Waals surface area contributed by atoms with Crippen molar-refractivity contribution >= 4 is 21.5 Å². The van der Waals surface area contributed by atoms with Crippen LogP contribution in [0.2, 0.25) is 0 Å². The van der Waals surface area contributed by atoms with Gasteiger partial charge in [-0.2, -0.15) is 0 Å². The van der Waals surface area contributed by atoms with Crippen LogP contribution < -0.4 is 10.0 Å². The number of carbonyl (C=O) groups is 1. The molecule has 1 aromatic rings. The van der Waals surface area contributed by atoms with E-state index in [0.717, 1.165) is 42.5 Å². The van der Waals surface area contributed by atoms with Crippen LogP contribution in [0.5, 0.6) is 0 Å². The highest BCUT2D eigenvalue weighted by Crippen LogP contribution is 2.60. The number of hydrogen-bond donors (Lipinski definition) is 2. The SMILES string of the molecule is CNS(=O)(=O)c1ccc2c(c1)C(=CC(=O)C13CC4CC(CC(C4)C1)C3)NC(C)(C)C2. The zero-order valence-electron chi connectivity index (χ0n) is 18.1. The highest BCUT2D eigenvalue weighted by atomic mass is 32.2. The molecule has 6 rings (SSSR count). The van der Waals surface area contributed by atoms with Crippen molar-refractivity contribution in [3.63, 3.8) is 0 Å². The molecule has 1 aromatic carbocycles. The zero-order chi connectivity index (χ0) is 21.3. The van der Waals surface area contributed by atoms with Crippen molar-refractivity contribution in [1.82, 2.24) is 10.0 Å². The van der Waals surface area contributed by atoms with E-state index in [9.17, 15) is 13.2 Å². The maximum absolute atomic E-state index is 13.7. The first kappa shape index (κ1) is 20.3. The number of benzene rings is 1. The first-order valence-electron chi connectivity index (χ1n) is 11.2. The minimum Gasteiger partial charge on any atom is -0.379 e. The lowest BCUT2D eigenvalue weighted by Crippen LogP contribution is -2.50. The molecule has 162 valence electrons. The summed E-state index contributed by atoms with van der Waals surface area (Å²) in [5.41, 5.74) is 2.31. The first-order valence-corrected chi connectivity index (χ1v) is 12.7. The van der Waals surface area contributed by atoms with Gasteiger partial charge in [-0.1, -0.05) is 6.07 Å². The smallest absolute Gasteiger partial charge is 0.240 e. The number of nitrogens with one attached hydrogen (secondary N) is 2. The van der Waals surface area contributed by atoms with E-state index in [2.05, 4.69) is 23.9 Å². The van der Waals surface area contributed by atoms with Crippen molar-refractivity contribution in [3.05, 3.63) is 35.4 Å². The molecule has 0 saturated heterocycles. The molecule has 6 heteroatoms. The molecule has 0 radical (unpaired) electrons. The van der Waals surface area contributed by atoms with Gasteiger partial charge in [0.05, 0.1) is 4.90 Å². The molecule has 30 heavy (non-hydrogen) atoms. The average molecular weight is 429 g/mol. The molecular weight excluding hydrogens is 396 g/mol. The van der Waals surface area contributed by atoms with Crippen molar-refractivity contribution in [2.75, 3.05) is 7.05 Å². The van der Waals surface area contributed by atoms with Crippen molar-refractivity contribution in [2.24, 2.45) is 23.2 Å². The van der Waals surface area contributed by atoms with Crippen molar-refractivity contribution in [2.45, 2.75) is 69.2 Å². The molecule has 0 aromatic heterocycles. The Morgan fingerprint density at radius 2 is 1.70 bits per heavy atom. The fourth-order valence-electron chi connectivity index (χ4n) is 7.01. The van der Waals surface area contributed by atoms with E-state index < -0.39 is 10.0 Å². The summed E-state index contributed by atoms with van der Waals surface area (Å²) in [6.07, 6.45) is 9.62. The molecule has 5 nitrogen and oxygen atoms in total. The third-order valence-corrected chi connectivity index (χ3v) is 9.30. The Kier molecular flexibility index (Phi) is 4.50.